The minimum atomic E-state index is 0.153. The fourth-order valence-electron chi connectivity index (χ4n) is 3.11. The molecule has 0 amide bonds. The highest BCUT2D eigenvalue weighted by Crippen LogP contribution is 2.25. The number of rotatable bonds is 9. The Morgan fingerprint density at radius 2 is 1.93 bits per heavy atom. The van der Waals surface area contributed by atoms with E-state index in [0.29, 0.717) is 18.8 Å². The van der Waals surface area contributed by atoms with E-state index in [4.69, 9.17) is 4.74 Å². The van der Waals surface area contributed by atoms with Crippen molar-refractivity contribution in [2.75, 3.05) is 11.9 Å². The standard InChI is InChI=1S/C22H27N3O2/c1-3-6-19(11-12-26)25-22-21(10-9-16(2)24-22)27-15-20-13-17-7-4-5-8-18(17)14-23-20/h4-5,7-10,13-14,19,26H,3,6,11-12,15H2,1-2H3,(H,24,25)/t19-/m0/s1. The third-order valence-corrected chi connectivity index (χ3v) is 4.52. The smallest absolute Gasteiger partial charge is 0.169 e. The summed E-state index contributed by atoms with van der Waals surface area (Å²) in [5, 5.41) is 15.0. The first-order valence-electron chi connectivity index (χ1n) is 9.51. The maximum absolute atomic E-state index is 9.30. The fourth-order valence-corrected chi connectivity index (χ4v) is 3.11. The highest BCUT2D eigenvalue weighted by molar-refractivity contribution is 5.81. The van der Waals surface area contributed by atoms with Gasteiger partial charge in [-0.05, 0) is 43.4 Å². The number of nitrogens with zero attached hydrogens (tertiary/aromatic N) is 2. The van der Waals surface area contributed by atoms with Crippen molar-refractivity contribution in [3.8, 4) is 5.75 Å². The Morgan fingerprint density at radius 1 is 1.11 bits per heavy atom. The van der Waals surface area contributed by atoms with Gasteiger partial charge in [-0.1, -0.05) is 37.6 Å². The minimum absolute atomic E-state index is 0.153. The summed E-state index contributed by atoms with van der Waals surface area (Å²) in [4.78, 5) is 9.09. The number of anilines is 1. The Kier molecular flexibility index (Phi) is 6.60. The topological polar surface area (TPSA) is 67.3 Å². The molecule has 3 aromatic rings. The van der Waals surface area contributed by atoms with Gasteiger partial charge < -0.3 is 15.2 Å². The summed E-state index contributed by atoms with van der Waals surface area (Å²) in [5.41, 5.74) is 1.80. The molecule has 0 unspecified atom stereocenters. The van der Waals surface area contributed by atoms with Crippen LogP contribution in [0.3, 0.4) is 0 Å². The molecule has 3 rings (SSSR count). The first-order chi connectivity index (χ1) is 13.2. The molecule has 0 aliphatic carbocycles. The molecule has 27 heavy (non-hydrogen) atoms. The van der Waals surface area contributed by atoms with Gasteiger partial charge in [0, 0.05) is 29.9 Å². The SMILES string of the molecule is CCC[C@@H](CCO)Nc1nc(C)ccc1OCc1cc2ccccc2cn1. The third-order valence-electron chi connectivity index (χ3n) is 4.52. The van der Waals surface area contributed by atoms with Gasteiger partial charge in [-0.2, -0.15) is 0 Å². The summed E-state index contributed by atoms with van der Waals surface area (Å²) in [6, 6.07) is 14.3. The Labute approximate surface area is 160 Å². The minimum Gasteiger partial charge on any atom is -0.483 e. The van der Waals surface area contributed by atoms with Crippen LogP contribution in [-0.4, -0.2) is 27.7 Å². The van der Waals surface area contributed by atoms with Crippen LogP contribution in [0.1, 0.15) is 37.6 Å². The van der Waals surface area contributed by atoms with E-state index in [2.05, 4.69) is 34.3 Å². The van der Waals surface area contributed by atoms with E-state index in [1.54, 1.807) is 0 Å². The summed E-state index contributed by atoms with van der Waals surface area (Å²) < 4.78 is 6.03. The van der Waals surface area contributed by atoms with Crippen LogP contribution in [0.4, 0.5) is 5.82 Å². The lowest BCUT2D eigenvalue weighted by molar-refractivity contribution is 0.275. The molecule has 0 fully saturated rings. The van der Waals surface area contributed by atoms with Crippen LogP contribution in [0, 0.1) is 6.92 Å². The molecule has 1 aromatic carbocycles. The molecule has 0 saturated heterocycles. The lowest BCUT2D eigenvalue weighted by Crippen LogP contribution is -2.22. The maximum atomic E-state index is 9.30. The molecular weight excluding hydrogens is 338 g/mol. The number of aliphatic hydroxyl groups is 1. The molecule has 0 aliphatic rings. The van der Waals surface area contributed by atoms with Crippen LogP contribution in [0.2, 0.25) is 0 Å². The van der Waals surface area contributed by atoms with Crippen LogP contribution in [0.25, 0.3) is 10.8 Å². The average Bonchev–Trinajstić information content (AvgIpc) is 2.67. The zero-order chi connectivity index (χ0) is 19.1. The Balaban J connectivity index is 1.75. The molecule has 1 atom stereocenters. The molecule has 2 N–H and O–H groups in total. The van der Waals surface area contributed by atoms with Gasteiger partial charge in [-0.25, -0.2) is 4.98 Å². The summed E-state index contributed by atoms with van der Waals surface area (Å²) in [6.45, 7) is 4.63. The number of aliphatic hydroxyl groups excluding tert-OH is 1. The molecular formula is C22H27N3O2. The average molecular weight is 365 g/mol. The quantitative estimate of drug-likeness (QED) is 0.585. The van der Waals surface area contributed by atoms with Crippen LogP contribution >= 0.6 is 0 Å². The predicted molar refractivity (Wildman–Crippen MR) is 109 cm³/mol. The van der Waals surface area contributed by atoms with E-state index in [-0.39, 0.29) is 12.6 Å². The van der Waals surface area contributed by atoms with Gasteiger partial charge in [0.2, 0.25) is 0 Å². The number of hydrogen-bond donors (Lipinski definition) is 2. The number of ether oxygens (including phenoxy) is 1. The van der Waals surface area contributed by atoms with Crippen molar-refractivity contribution in [3.05, 3.63) is 60.0 Å². The monoisotopic (exact) mass is 365 g/mol. The van der Waals surface area contributed by atoms with Gasteiger partial charge in [0.1, 0.15) is 6.61 Å². The van der Waals surface area contributed by atoms with E-state index in [1.807, 2.05) is 43.5 Å². The zero-order valence-corrected chi connectivity index (χ0v) is 16.0. The number of fused-ring (bicyclic) bond motifs is 1. The Morgan fingerprint density at radius 3 is 2.70 bits per heavy atom. The predicted octanol–water partition coefficient (Wildman–Crippen LogP) is 4.48. The number of hydrogen-bond acceptors (Lipinski definition) is 5. The number of benzene rings is 1. The van der Waals surface area contributed by atoms with Crippen molar-refractivity contribution in [1.82, 2.24) is 9.97 Å². The van der Waals surface area contributed by atoms with Crippen molar-refractivity contribution in [2.24, 2.45) is 0 Å². The summed E-state index contributed by atoms with van der Waals surface area (Å²) in [7, 11) is 0. The van der Waals surface area contributed by atoms with Crippen molar-refractivity contribution >= 4 is 16.6 Å². The van der Waals surface area contributed by atoms with Crippen LogP contribution in [0.15, 0.2) is 48.7 Å². The van der Waals surface area contributed by atoms with E-state index in [0.717, 1.165) is 40.8 Å². The van der Waals surface area contributed by atoms with Crippen LogP contribution in [-0.2, 0) is 6.61 Å². The van der Waals surface area contributed by atoms with E-state index >= 15 is 0 Å². The van der Waals surface area contributed by atoms with E-state index < -0.39 is 0 Å². The molecule has 0 saturated carbocycles. The maximum Gasteiger partial charge on any atom is 0.169 e. The highest BCUT2D eigenvalue weighted by Gasteiger charge is 2.13. The van der Waals surface area contributed by atoms with E-state index in [1.165, 1.54) is 0 Å². The number of aryl methyl sites for hydroxylation is 1. The van der Waals surface area contributed by atoms with Crippen molar-refractivity contribution < 1.29 is 9.84 Å². The molecule has 0 spiro atoms. The first kappa shape index (κ1) is 19.1. The molecule has 5 heteroatoms. The van der Waals surface area contributed by atoms with E-state index in [9.17, 15) is 5.11 Å². The Bertz CT molecular complexity index is 876. The number of pyridine rings is 2. The molecule has 0 bridgehead atoms. The van der Waals surface area contributed by atoms with Gasteiger partial charge in [-0.15, -0.1) is 0 Å². The van der Waals surface area contributed by atoms with Gasteiger partial charge in [0.05, 0.1) is 5.69 Å². The Hall–Kier alpha value is -2.66. The largest absolute Gasteiger partial charge is 0.483 e. The molecule has 0 radical (unpaired) electrons. The lowest BCUT2D eigenvalue weighted by atomic mass is 10.1. The molecule has 2 heterocycles. The van der Waals surface area contributed by atoms with Gasteiger partial charge in [-0.3, -0.25) is 4.98 Å². The molecule has 142 valence electrons. The second-order valence-electron chi connectivity index (χ2n) is 6.75. The number of aromatic nitrogens is 2. The molecule has 5 nitrogen and oxygen atoms in total. The van der Waals surface area contributed by atoms with Crippen LogP contribution in [0.5, 0.6) is 5.75 Å². The molecule has 0 aliphatic heterocycles. The van der Waals surface area contributed by atoms with Gasteiger partial charge in [0.25, 0.3) is 0 Å². The lowest BCUT2D eigenvalue weighted by Gasteiger charge is -2.20. The third kappa shape index (κ3) is 5.17. The zero-order valence-electron chi connectivity index (χ0n) is 16.0. The normalized spacial score (nSPS) is 12.1. The second-order valence-corrected chi connectivity index (χ2v) is 6.75. The fraction of sp³-hybridized carbons (Fsp3) is 0.364. The summed E-state index contributed by atoms with van der Waals surface area (Å²) >= 11 is 0. The van der Waals surface area contributed by atoms with Gasteiger partial charge in [0.15, 0.2) is 11.6 Å². The van der Waals surface area contributed by atoms with Gasteiger partial charge >= 0.3 is 0 Å². The number of nitrogens with one attached hydrogen (secondary N) is 1. The van der Waals surface area contributed by atoms with Crippen LogP contribution < -0.4 is 10.1 Å². The second kappa shape index (κ2) is 9.33. The van der Waals surface area contributed by atoms with Crippen molar-refractivity contribution in [1.29, 1.82) is 0 Å². The highest BCUT2D eigenvalue weighted by atomic mass is 16.5. The molecule has 2 aromatic heterocycles. The first-order valence-corrected chi connectivity index (χ1v) is 9.51. The summed E-state index contributed by atoms with van der Waals surface area (Å²) in [5.74, 6) is 1.43. The van der Waals surface area contributed by atoms with Crippen molar-refractivity contribution in [3.63, 3.8) is 0 Å². The van der Waals surface area contributed by atoms with Crippen molar-refractivity contribution in [2.45, 2.75) is 45.8 Å². The summed E-state index contributed by atoms with van der Waals surface area (Å²) in [6.07, 6.45) is 4.58.